The van der Waals surface area contributed by atoms with Gasteiger partial charge in [0.15, 0.2) is 5.11 Å². The Morgan fingerprint density at radius 3 is 2.40 bits per heavy atom. The van der Waals surface area contributed by atoms with Crippen molar-refractivity contribution in [1.29, 1.82) is 0 Å². The Morgan fingerprint density at radius 1 is 1.10 bits per heavy atom. The summed E-state index contributed by atoms with van der Waals surface area (Å²) in [5, 5.41) is 2.82. The fourth-order valence-electron chi connectivity index (χ4n) is 5.24. The van der Waals surface area contributed by atoms with E-state index >= 15 is 0 Å². The quantitative estimate of drug-likeness (QED) is 0.373. The molecule has 2 aromatic rings. The fourth-order valence-corrected chi connectivity index (χ4v) is 5.65. The summed E-state index contributed by atoms with van der Waals surface area (Å²) >= 11 is 5.61. The van der Waals surface area contributed by atoms with Crippen LogP contribution in [0.15, 0.2) is 48.5 Å². The monoisotopic (exact) mass is 605 g/mol. The van der Waals surface area contributed by atoms with Crippen molar-refractivity contribution in [1.82, 2.24) is 9.80 Å². The summed E-state index contributed by atoms with van der Waals surface area (Å²) in [6.07, 6.45) is -2.91. The van der Waals surface area contributed by atoms with Crippen molar-refractivity contribution in [2.24, 2.45) is 11.7 Å². The van der Waals surface area contributed by atoms with E-state index in [1.54, 1.807) is 29.2 Å². The van der Waals surface area contributed by atoms with Crippen LogP contribution in [0.4, 0.5) is 24.5 Å². The van der Waals surface area contributed by atoms with E-state index in [0.29, 0.717) is 63.5 Å². The van der Waals surface area contributed by atoms with Crippen LogP contribution < -0.4 is 20.7 Å². The molecule has 1 atom stereocenters. The number of amides is 3. The summed E-state index contributed by atoms with van der Waals surface area (Å²) in [6, 6.07) is 10.2. The highest BCUT2D eigenvalue weighted by Gasteiger charge is 2.44. The normalized spacial score (nSPS) is 18.4. The van der Waals surface area contributed by atoms with E-state index in [4.69, 9.17) is 22.7 Å². The lowest BCUT2D eigenvalue weighted by molar-refractivity contribution is -0.137. The number of benzene rings is 2. The third kappa shape index (κ3) is 7.57. The number of rotatable bonds is 11. The molecule has 2 aliphatic rings. The minimum Gasteiger partial charge on any atom is -0.494 e. The third-order valence-electron chi connectivity index (χ3n) is 7.44. The first kappa shape index (κ1) is 31.2. The standard InChI is InChI=1S/C29H34F3N5O4S/c1-2-41-23-9-7-21(8-10-23)34-25(38)18-24-27(40)37(22-6-3-5-20(17-22)29(30,31)32)28(42)36(24)14-4-13-35-15-11-19(12-16-35)26(33)39/h3,5-10,17,19,24H,2,4,11-16,18H2,1H3,(H2,33,39)(H,34,38). The van der Waals surface area contributed by atoms with Gasteiger partial charge in [-0.05, 0) is 101 Å². The van der Waals surface area contributed by atoms with Crippen LogP contribution in [0.3, 0.4) is 0 Å². The maximum atomic E-state index is 13.6. The lowest BCUT2D eigenvalue weighted by atomic mass is 9.96. The Morgan fingerprint density at radius 2 is 1.79 bits per heavy atom. The molecule has 2 saturated heterocycles. The zero-order chi connectivity index (χ0) is 30.4. The Balaban J connectivity index is 1.48. The van der Waals surface area contributed by atoms with Crippen LogP contribution >= 0.6 is 12.2 Å². The zero-order valence-electron chi connectivity index (χ0n) is 23.2. The van der Waals surface area contributed by atoms with Gasteiger partial charge in [-0.3, -0.25) is 19.3 Å². The lowest BCUT2D eigenvalue weighted by Gasteiger charge is -2.31. The molecule has 2 aromatic carbocycles. The van der Waals surface area contributed by atoms with Crippen LogP contribution in [-0.4, -0.2) is 71.5 Å². The number of alkyl halides is 3. The van der Waals surface area contributed by atoms with Crippen LogP contribution in [0.25, 0.3) is 0 Å². The molecule has 0 spiro atoms. The topological polar surface area (TPSA) is 108 Å². The van der Waals surface area contributed by atoms with Crippen LogP contribution in [0.1, 0.15) is 38.2 Å². The van der Waals surface area contributed by atoms with Gasteiger partial charge in [0.25, 0.3) is 5.91 Å². The van der Waals surface area contributed by atoms with Crippen molar-refractivity contribution in [3.05, 3.63) is 54.1 Å². The first-order valence-electron chi connectivity index (χ1n) is 13.8. The first-order valence-corrected chi connectivity index (χ1v) is 14.2. The maximum absolute atomic E-state index is 13.6. The molecular weight excluding hydrogens is 571 g/mol. The van der Waals surface area contributed by atoms with Gasteiger partial charge in [0, 0.05) is 18.2 Å². The van der Waals surface area contributed by atoms with Crippen LogP contribution in [-0.2, 0) is 20.6 Å². The molecule has 1 unspecified atom stereocenters. The molecule has 13 heteroatoms. The maximum Gasteiger partial charge on any atom is 0.416 e. The smallest absolute Gasteiger partial charge is 0.416 e. The zero-order valence-corrected chi connectivity index (χ0v) is 24.0. The molecule has 0 aromatic heterocycles. The molecule has 2 fully saturated rings. The SMILES string of the molecule is CCOc1ccc(NC(=O)CC2C(=O)N(c3cccc(C(F)(F)F)c3)C(=S)N2CCCN2CCC(C(N)=O)CC2)cc1. The molecule has 2 aliphatic heterocycles. The van der Waals surface area contributed by atoms with Crippen molar-refractivity contribution >= 4 is 46.4 Å². The van der Waals surface area contributed by atoms with Crippen LogP contribution in [0, 0.1) is 5.92 Å². The predicted octanol–water partition coefficient (Wildman–Crippen LogP) is 4.02. The molecule has 42 heavy (non-hydrogen) atoms. The number of piperidine rings is 1. The number of primary amides is 1. The summed E-state index contributed by atoms with van der Waals surface area (Å²) in [6.45, 7) is 4.75. The summed E-state index contributed by atoms with van der Waals surface area (Å²) in [7, 11) is 0. The van der Waals surface area contributed by atoms with E-state index in [-0.39, 0.29) is 29.0 Å². The van der Waals surface area contributed by atoms with Gasteiger partial charge >= 0.3 is 6.18 Å². The number of ether oxygens (including phenoxy) is 1. The van der Waals surface area contributed by atoms with Gasteiger partial charge in [-0.1, -0.05) is 6.07 Å². The number of thiocarbonyl (C=S) groups is 1. The number of nitrogens with one attached hydrogen (secondary N) is 1. The summed E-state index contributed by atoms with van der Waals surface area (Å²) in [4.78, 5) is 43.0. The van der Waals surface area contributed by atoms with Crippen LogP contribution in [0.2, 0.25) is 0 Å². The molecule has 0 radical (unpaired) electrons. The number of likely N-dealkylation sites (tertiary alicyclic amines) is 1. The van der Waals surface area contributed by atoms with Gasteiger partial charge in [-0.2, -0.15) is 13.2 Å². The number of carbonyl (C=O) groups excluding carboxylic acids is 3. The molecule has 0 aliphatic carbocycles. The highest BCUT2D eigenvalue weighted by Crippen LogP contribution is 2.34. The Hall–Kier alpha value is -3.71. The van der Waals surface area contributed by atoms with Crippen molar-refractivity contribution in [3.8, 4) is 5.75 Å². The largest absolute Gasteiger partial charge is 0.494 e. The molecule has 0 saturated carbocycles. The van der Waals surface area contributed by atoms with Gasteiger partial charge in [0.1, 0.15) is 11.8 Å². The lowest BCUT2D eigenvalue weighted by Crippen LogP contribution is -2.41. The van der Waals surface area contributed by atoms with E-state index in [9.17, 15) is 27.6 Å². The molecule has 2 heterocycles. The molecule has 4 rings (SSSR count). The number of halogens is 3. The minimum absolute atomic E-state index is 0.00669. The number of carbonyl (C=O) groups is 3. The van der Waals surface area contributed by atoms with E-state index in [1.807, 2.05) is 6.92 Å². The number of nitrogens with zero attached hydrogens (tertiary/aromatic N) is 3. The molecule has 3 amide bonds. The third-order valence-corrected chi connectivity index (χ3v) is 7.86. The van der Waals surface area contributed by atoms with Crippen molar-refractivity contribution in [2.45, 2.75) is 44.8 Å². The van der Waals surface area contributed by atoms with Gasteiger partial charge in [0.2, 0.25) is 11.8 Å². The van der Waals surface area contributed by atoms with Crippen molar-refractivity contribution < 1.29 is 32.3 Å². The summed E-state index contributed by atoms with van der Waals surface area (Å²) in [5.74, 6) is -0.789. The Bertz CT molecular complexity index is 1300. The number of nitrogens with two attached hydrogens (primary N) is 1. The van der Waals surface area contributed by atoms with E-state index < -0.39 is 29.6 Å². The minimum atomic E-state index is -4.60. The van der Waals surface area contributed by atoms with Gasteiger partial charge in [0.05, 0.1) is 24.3 Å². The highest BCUT2D eigenvalue weighted by atomic mass is 32.1. The Kier molecular flexibility index (Phi) is 10.0. The second kappa shape index (κ2) is 13.5. The summed E-state index contributed by atoms with van der Waals surface area (Å²) < 4.78 is 45.7. The number of anilines is 2. The second-order valence-corrected chi connectivity index (χ2v) is 10.7. The number of hydrogen-bond donors (Lipinski definition) is 2. The average molecular weight is 606 g/mol. The molecular formula is C29H34F3N5O4S. The Labute approximate surface area is 247 Å². The fraction of sp³-hybridized carbons (Fsp3) is 0.448. The van der Waals surface area contributed by atoms with Crippen molar-refractivity contribution in [2.75, 3.05) is 43.0 Å². The van der Waals surface area contributed by atoms with Gasteiger partial charge in [-0.15, -0.1) is 0 Å². The van der Waals surface area contributed by atoms with Crippen LogP contribution in [0.5, 0.6) is 5.75 Å². The van der Waals surface area contributed by atoms with E-state index in [0.717, 1.165) is 17.0 Å². The second-order valence-electron chi connectivity index (χ2n) is 10.3. The molecule has 226 valence electrons. The van der Waals surface area contributed by atoms with E-state index in [2.05, 4.69) is 10.2 Å². The average Bonchev–Trinajstić information content (AvgIpc) is 3.18. The number of hydrogen-bond acceptors (Lipinski definition) is 6. The molecule has 9 nitrogen and oxygen atoms in total. The van der Waals surface area contributed by atoms with Crippen molar-refractivity contribution in [3.63, 3.8) is 0 Å². The van der Waals surface area contributed by atoms with Gasteiger partial charge < -0.3 is 25.6 Å². The van der Waals surface area contributed by atoms with Gasteiger partial charge in [-0.25, -0.2) is 0 Å². The predicted molar refractivity (Wildman–Crippen MR) is 156 cm³/mol. The molecule has 0 bridgehead atoms. The summed E-state index contributed by atoms with van der Waals surface area (Å²) in [5.41, 5.74) is 5.02. The molecule has 3 N–H and O–H groups in total. The highest BCUT2D eigenvalue weighted by molar-refractivity contribution is 7.80. The first-order chi connectivity index (χ1) is 20.0. The van der Waals surface area contributed by atoms with E-state index in [1.165, 1.54) is 12.1 Å².